The third kappa shape index (κ3) is 4.72. The second kappa shape index (κ2) is 9.50. The van der Waals surface area contributed by atoms with Crippen molar-refractivity contribution in [2.75, 3.05) is 32.6 Å². The van der Waals surface area contributed by atoms with Crippen LogP contribution >= 0.6 is 23.2 Å². The highest BCUT2D eigenvalue weighted by Crippen LogP contribution is 2.39. The molecule has 1 heterocycles. The molecule has 5 nitrogen and oxygen atoms in total. The number of likely N-dealkylation sites (tertiary alicyclic amines) is 1. The molecule has 150 valence electrons. The van der Waals surface area contributed by atoms with E-state index in [1.165, 1.54) is 0 Å². The summed E-state index contributed by atoms with van der Waals surface area (Å²) < 4.78 is 10.7. The van der Waals surface area contributed by atoms with Crippen LogP contribution in [0, 0.1) is 0 Å². The van der Waals surface area contributed by atoms with Gasteiger partial charge in [0, 0.05) is 16.3 Å². The molecule has 0 radical (unpaired) electrons. The molecule has 1 saturated heterocycles. The zero-order chi connectivity index (χ0) is 20.1. The molecule has 1 aliphatic rings. The number of benzene rings is 2. The maximum Gasteiger partial charge on any atom is 0.246 e. The van der Waals surface area contributed by atoms with E-state index in [0.717, 1.165) is 38.1 Å². The van der Waals surface area contributed by atoms with E-state index in [-0.39, 0.29) is 5.91 Å². The van der Waals surface area contributed by atoms with Gasteiger partial charge in [0.25, 0.3) is 0 Å². The van der Waals surface area contributed by atoms with Gasteiger partial charge in [0.1, 0.15) is 17.5 Å². The van der Waals surface area contributed by atoms with Gasteiger partial charge < -0.3 is 14.8 Å². The Kier molecular flexibility index (Phi) is 7.05. The minimum Gasteiger partial charge on any atom is -0.497 e. The number of ether oxygens (including phenoxy) is 2. The SMILES string of the molecule is COc1ccc(NC(=O)[C@@H](c2cc(Cl)cc(Cl)c2OC)N2CCCCC2)cc1. The van der Waals surface area contributed by atoms with E-state index in [9.17, 15) is 4.79 Å². The normalized spacial score (nSPS) is 15.7. The van der Waals surface area contributed by atoms with E-state index in [1.54, 1.807) is 26.4 Å². The Morgan fingerprint density at radius 2 is 1.71 bits per heavy atom. The van der Waals surface area contributed by atoms with Crippen LogP contribution in [0.5, 0.6) is 11.5 Å². The number of rotatable bonds is 6. The minimum absolute atomic E-state index is 0.149. The molecule has 2 aromatic rings. The van der Waals surface area contributed by atoms with Crippen LogP contribution in [0.25, 0.3) is 0 Å². The van der Waals surface area contributed by atoms with Crippen LogP contribution in [0.2, 0.25) is 10.0 Å². The molecule has 1 amide bonds. The van der Waals surface area contributed by atoms with Crippen molar-refractivity contribution in [2.45, 2.75) is 25.3 Å². The average Bonchev–Trinajstić information content (AvgIpc) is 2.69. The molecule has 2 aromatic carbocycles. The fourth-order valence-corrected chi connectivity index (χ4v) is 4.15. The molecule has 0 aromatic heterocycles. The number of nitrogens with zero attached hydrogens (tertiary/aromatic N) is 1. The Morgan fingerprint density at radius 1 is 1.04 bits per heavy atom. The summed E-state index contributed by atoms with van der Waals surface area (Å²) in [5.41, 5.74) is 1.37. The lowest BCUT2D eigenvalue weighted by atomic mass is 9.99. The third-order valence-electron chi connectivity index (χ3n) is 4.90. The molecule has 0 aliphatic carbocycles. The van der Waals surface area contributed by atoms with E-state index in [4.69, 9.17) is 32.7 Å². The van der Waals surface area contributed by atoms with Crippen molar-refractivity contribution in [3.05, 3.63) is 52.0 Å². The smallest absolute Gasteiger partial charge is 0.246 e. The number of nitrogens with one attached hydrogen (secondary N) is 1. The predicted molar refractivity (Wildman–Crippen MR) is 113 cm³/mol. The minimum atomic E-state index is -0.548. The molecule has 1 N–H and O–H groups in total. The molecule has 3 rings (SSSR count). The van der Waals surface area contributed by atoms with Crippen LogP contribution in [-0.4, -0.2) is 38.1 Å². The van der Waals surface area contributed by atoms with Gasteiger partial charge in [0.05, 0.1) is 19.2 Å². The maximum atomic E-state index is 13.3. The van der Waals surface area contributed by atoms with Gasteiger partial charge in [-0.3, -0.25) is 9.69 Å². The predicted octanol–water partition coefficient (Wildman–Crippen LogP) is 5.18. The van der Waals surface area contributed by atoms with Gasteiger partial charge in [0.15, 0.2) is 0 Å². The third-order valence-corrected chi connectivity index (χ3v) is 5.40. The Balaban J connectivity index is 1.96. The molecule has 0 unspecified atom stereocenters. The van der Waals surface area contributed by atoms with Crippen molar-refractivity contribution in [3.63, 3.8) is 0 Å². The molecule has 7 heteroatoms. The summed E-state index contributed by atoms with van der Waals surface area (Å²) in [4.78, 5) is 15.5. The maximum absolute atomic E-state index is 13.3. The Labute approximate surface area is 175 Å². The molecule has 1 aliphatic heterocycles. The summed E-state index contributed by atoms with van der Waals surface area (Å²) in [7, 11) is 3.16. The van der Waals surface area contributed by atoms with Crippen LogP contribution in [0.3, 0.4) is 0 Å². The first-order valence-electron chi connectivity index (χ1n) is 9.25. The van der Waals surface area contributed by atoms with E-state index in [0.29, 0.717) is 27.0 Å². The van der Waals surface area contributed by atoms with Gasteiger partial charge >= 0.3 is 0 Å². The highest BCUT2D eigenvalue weighted by Gasteiger charge is 2.32. The molecule has 28 heavy (non-hydrogen) atoms. The first-order valence-corrected chi connectivity index (χ1v) is 10.0. The van der Waals surface area contributed by atoms with Crippen LogP contribution in [0.15, 0.2) is 36.4 Å². The Hall–Kier alpha value is -1.95. The fourth-order valence-electron chi connectivity index (χ4n) is 3.56. The lowest BCUT2D eigenvalue weighted by molar-refractivity contribution is -0.122. The molecule has 0 spiro atoms. The Bertz CT molecular complexity index is 821. The number of hydrogen-bond donors (Lipinski definition) is 1. The van der Waals surface area contributed by atoms with Gasteiger partial charge in [0.2, 0.25) is 5.91 Å². The lowest BCUT2D eigenvalue weighted by Gasteiger charge is -2.34. The summed E-state index contributed by atoms with van der Waals surface area (Å²) >= 11 is 12.6. The van der Waals surface area contributed by atoms with E-state index in [2.05, 4.69) is 10.2 Å². The van der Waals surface area contributed by atoms with Crippen molar-refractivity contribution in [1.29, 1.82) is 0 Å². The zero-order valence-electron chi connectivity index (χ0n) is 16.0. The average molecular weight is 423 g/mol. The van der Waals surface area contributed by atoms with Gasteiger partial charge in [-0.05, 0) is 62.3 Å². The van der Waals surface area contributed by atoms with Crippen LogP contribution in [0.1, 0.15) is 30.9 Å². The number of amides is 1. The number of carbonyl (C=O) groups is 1. The number of anilines is 1. The number of piperidine rings is 1. The summed E-state index contributed by atoms with van der Waals surface area (Å²) in [6, 6.07) is 10.1. The van der Waals surface area contributed by atoms with Gasteiger partial charge in [-0.1, -0.05) is 29.6 Å². The largest absolute Gasteiger partial charge is 0.497 e. The van der Waals surface area contributed by atoms with Crippen molar-refractivity contribution >= 4 is 34.8 Å². The molecular formula is C21H24Cl2N2O3. The molecule has 0 saturated carbocycles. The molecule has 1 atom stereocenters. The molecule has 0 bridgehead atoms. The van der Waals surface area contributed by atoms with Crippen molar-refractivity contribution < 1.29 is 14.3 Å². The van der Waals surface area contributed by atoms with Gasteiger partial charge in [-0.15, -0.1) is 0 Å². The van der Waals surface area contributed by atoms with Crippen molar-refractivity contribution in [1.82, 2.24) is 4.90 Å². The van der Waals surface area contributed by atoms with Gasteiger partial charge in [-0.2, -0.15) is 0 Å². The van der Waals surface area contributed by atoms with Crippen molar-refractivity contribution in [2.24, 2.45) is 0 Å². The van der Waals surface area contributed by atoms with Crippen LogP contribution < -0.4 is 14.8 Å². The number of halogens is 2. The zero-order valence-corrected chi connectivity index (χ0v) is 17.5. The van der Waals surface area contributed by atoms with E-state index in [1.807, 2.05) is 24.3 Å². The van der Waals surface area contributed by atoms with Crippen LogP contribution in [-0.2, 0) is 4.79 Å². The topological polar surface area (TPSA) is 50.8 Å². The van der Waals surface area contributed by atoms with E-state index >= 15 is 0 Å². The van der Waals surface area contributed by atoms with Crippen LogP contribution in [0.4, 0.5) is 5.69 Å². The second-order valence-corrected chi connectivity index (χ2v) is 7.57. The summed E-state index contributed by atoms with van der Waals surface area (Å²) in [6.45, 7) is 1.65. The lowest BCUT2D eigenvalue weighted by Crippen LogP contribution is -2.40. The highest BCUT2D eigenvalue weighted by atomic mass is 35.5. The quantitative estimate of drug-likeness (QED) is 0.696. The number of methoxy groups -OCH3 is 2. The monoisotopic (exact) mass is 422 g/mol. The Morgan fingerprint density at radius 3 is 2.32 bits per heavy atom. The first kappa shape index (κ1) is 20.8. The standard InChI is InChI=1S/C21H24Cl2N2O3/c1-27-16-8-6-15(7-9-16)24-21(26)19(25-10-4-3-5-11-25)17-12-14(22)13-18(23)20(17)28-2/h6-9,12-13,19H,3-5,10-11H2,1-2H3,(H,24,26)/t19-/m1/s1. The van der Waals surface area contributed by atoms with Gasteiger partial charge in [-0.25, -0.2) is 0 Å². The molecular weight excluding hydrogens is 399 g/mol. The first-order chi connectivity index (χ1) is 13.5. The second-order valence-electron chi connectivity index (χ2n) is 6.73. The summed E-state index contributed by atoms with van der Waals surface area (Å²) in [5, 5.41) is 3.87. The number of hydrogen-bond acceptors (Lipinski definition) is 4. The van der Waals surface area contributed by atoms with Crippen molar-refractivity contribution in [3.8, 4) is 11.5 Å². The number of carbonyl (C=O) groups excluding carboxylic acids is 1. The summed E-state index contributed by atoms with van der Waals surface area (Å²) in [5.74, 6) is 1.06. The highest BCUT2D eigenvalue weighted by molar-refractivity contribution is 6.35. The fraction of sp³-hybridized carbons (Fsp3) is 0.381. The summed E-state index contributed by atoms with van der Waals surface area (Å²) in [6.07, 6.45) is 3.25. The molecule has 1 fully saturated rings. The van der Waals surface area contributed by atoms with E-state index < -0.39 is 6.04 Å².